The third-order valence-corrected chi connectivity index (χ3v) is 3.25. The van der Waals surface area contributed by atoms with Gasteiger partial charge in [0.2, 0.25) is 0 Å². The lowest BCUT2D eigenvalue weighted by Gasteiger charge is -2.06. The molecule has 3 atom stereocenters. The minimum atomic E-state index is -1.00. The molecule has 0 bridgehead atoms. The minimum Gasteiger partial charge on any atom is -0.480 e. The van der Waals surface area contributed by atoms with E-state index in [1.165, 1.54) is 6.92 Å². The first-order valence-electron chi connectivity index (χ1n) is 9.18. The van der Waals surface area contributed by atoms with Crippen LogP contribution in [0.5, 0.6) is 0 Å². The van der Waals surface area contributed by atoms with Crippen LogP contribution in [-0.2, 0) is 19.2 Å². The fourth-order valence-corrected chi connectivity index (χ4v) is 1.56. The summed E-state index contributed by atoms with van der Waals surface area (Å²) < 4.78 is 0. The number of aliphatic carboxylic acids is 4. The molecule has 1 aliphatic heterocycles. The van der Waals surface area contributed by atoms with Gasteiger partial charge in [0.25, 0.3) is 0 Å². The van der Waals surface area contributed by atoms with E-state index in [1.54, 1.807) is 0 Å². The van der Waals surface area contributed by atoms with Gasteiger partial charge in [0.15, 0.2) is 5.96 Å². The van der Waals surface area contributed by atoms with Crippen molar-refractivity contribution in [2.24, 2.45) is 22.9 Å². The molecule has 0 aromatic heterocycles. The zero-order chi connectivity index (χ0) is 25.0. The summed E-state index contributed by atoms with van der Waals surface area (Å²) in [7, 11) is 0. The van der Waals surface area contributed by atoms with E-state index in [1.807, 2.05) is 0 Å². The van der Waals surface area contributed by atoms with Crippen LogP contribution in [0.1, 0.15) is 32.6 Å². The van der Waals surface area contributed by atoms with Crippen molar-refractivity contribution in [3.63, 3.8) is 0 Å². The predicted octanol–water partition coefficient (Wildman–Crippen LogP) is -3.07. The van der Waals surface area contributed by atoms with Gasteiger partial charge in [0.1, 0.15) is 18.1 Å². The highest BCUT2D eigenvalue weighted by Crippen LogP contribution is 2.03. The van der Waals surface area contributed by atoms with Crippen molar-refractivity contribution in [1.82, 2.24) is 10.6 Å². The fourth-order valence-electron chi connectivity index (χ4n) is 1.56. The number of rotatable bonds is 8. The van der Waals surface area contributed by atoms with E-state index >= 15 is 0 Å². The molecule has 0 saturated carbocycles. The average Bonchev–Trinajstić information content (AvgIpc) is 3.21. The Labute approximate surface area is 179 Å². The van der Waals surface area contributed by atoms with Gasteiger partial charge in [-0.2, -0.15) is 0 Å². The van der Waals surface area contributed by atoms with Crippen LogP contribution in [0.4, 0.5) is 0 Å². The molecule has 1 rings (SSSR count). The number of hydrogen-bond donors (Lipinski definition) is 11. The molecule has 0 amide bonds. The second-order valence-electron chi connectivity index (χ2n) is 6.14. The quantitative estimate of drug-likeness (QED) is 0.0987. The van der Waals surface area contributed by atoms with Crippen molar-refractivity contribution in [3.8, 4) is 0 Å². The van der Waals surface area contributed by atoms with Gasteiger partial charge in [-0.15, -0.1) is 0 Å². The first-order valence-corrected chi connectivity index (χ1v) is 9.18. The Morgan fingerprint density at radius 1 is 1.13 bits per heavy atom. The lowest BCUT2D eigenvalue weighted by molar-refractivity contribution is -0.139. The number of carboxylic acids is 4. The summed E-state index contributed by atoms with van der Waals surface area (Å²) in [5, 5.41) is 44.4. The molecular formula is C16H35N7O8. The van der Waals surface area contributed by atoms with Crippen LogP contribution in [0.15, 0.2) is 0 Å². The Morgan fingerprint density at radius 2 is 1.61 bits per heavy atom. The molecule has 0 aromatic carbocycles. The Balaban J connectivity index is -0.000000359. The predicted molar refractivity (Wildman–Crippen MR) is 111 cm³/mol. The highest BCUT2D eigenvalue weighted by molar-refractivity contribution is 5.74. The van der Waals surface area contributed by atoms with Crippen LogP contribution in [0.3, 0.4) is 0 Å². The average molecular weight is 453 g/mol. The fraction of sp³-hybridized carbons (Fsp3) is 0.688. The summed E-state index contributed by atoms with van der Waals surface area (Å²) in [5.41, 5.74) is 19.6. The second kappa shape index (κ2) is 20.3. The largest absolute Gasteiger partial charge is 0.480 e. The lowest BCUT2D eigenvalue weighted by atomic mass is 10.2. The van der Waals surface area contributed by atoms with E-state index in [0.717, 1.165) is 19.4 Å². The summed E-state index contributed by atoms with van der Waals surface area (Å²) >= 11 is 0. The van der Waals surface area contributed by atoms with Crippen molar-refractivity contribution in [1.29, 1.82) is 5.41 Å². The first-order chi connectivity index (χ1) is 14.3. The highest BCUT2D eigenvalue weighted by Gasteiger charge is 2.20. The third-order valence-electron chi connectivity index (χ3n) is 3.25. The Hall–Kier alpha value is -3.01. The number of carboxylic acid groups (broad SMARTS) is 4. The molecule has 3 unspecified atom stereocenters. The maximum atomic E-state index is 10.2. The summed E-state index contributed by atoms with van der Waals surface area (Å²) in [5.74, 6) is -3.76. The van der Waals surface area contributed by atoms with Crippen LogP contribution in [0.25, 0.3) is 0 Å². The zero-order valence-corrected chi connectivity index (χ0v) is 17.4. The summed E-state index contributed by atoms with van der Waals surface area (Å²) in [6, 6.07) is -1.82. The Morgan fingerprint density at radius 3 is 1.84 bits per heavy atom. The summed E-state index contributed by atoms with van der Waals surface area (Å²) in [6.07, 6.45) is 2.76. The molecule has 0 radical (unpaired) electrons. The number of nitrogens with one attached hydrogen (secondary N) is 3. The molecule has 1 heterocycles. The van der Waals surface area contributed by atoms with Crippen LogP contribution in [0.2, 0.25) is 0 Å². The van der Waals surface area contributed by atoms with Gasteiger partial charge in [-0.25, -0.2) is 0 Å². The maximum absolute atomic E-state index is 10.2. The highest BCUT2D eigenvalue weighted by atomic mass is 16.4. The molecule has 0 aromatic rings. The molecule has 0 aliphatic carbocycles. The van der Waals surface area contributed by atoms with Crippen LogP contribution in [-0.4, -0.2) is 88.0 Å². The lowest BCUT2D eigenvalue weighted by Crippen LogP contribution is -2.34. The smallest absolute Gasteiger partial charge is 0.320 e. The number of hydrogen-bond acceptors (Lipinski definition) is 9. The van der Waals surface area contributed by atoms with Crippen LogP contribution in [0, 0.1) is 5.41 Å². The van der Waals surface area contributed by atoms with Crippen molar-refractivity contribution in [3.05, 3.63) is 0 Å². The van der Waals surface area contributed by atoms with Crippen molar-refractivity contribution < 1.29 is 39.6 Å². The van der Waals surface area contributed by atoms with E-state index in [4.69, 9.17) is 43.0 Å². The van der Waals surface area contributed by atoms with Crippen LogP contribution >= 0.6 is 0 Å². The van der Waals surface area contributed by atoms with E-state index in [0.29, 0.717) is 19.4 Å². The topological polar surface area (TPSA) is 301 Å². The molecule has 182 valence electrons. The van der Waals surface area contributed by atoms with Crippen LogP contribution < -0.4 is 33.6 Å². The van der Waals surface area contributed by atoms with Gasteiger partial charge in [0, 0.05) is 6.54 Å². The van der Waals surface area contributed by atoms with Gasteiger partial charge >= 0.3 is 23.9 Å². The van der Waals surface area contributed by atoms with Gasteiger partial charge in [0.05, 0.1) is 6.54 Å². The summed E-state index contributed by atoms with van der Waals surface area (Å²) in [6.45, 7) is 2.48. The normalized spacial score (nSPS) is 15.8. The molecule has 15 nitrogen and oxygen atoms in total. The molecule has 1 fully saturated rings. The number of guanidine groups is 1. The molecule has 0 spiro atoms. The van der Waals surface area contributed by atoms with Crippen molar-refractivity contribution in [2.75, 3.05) is 19.6 Å². The SMILES string of the molecule is CC(N)C(=O)O.N=C(N)NCCCC(N)C(=O)O.NCC(=O)O.O=C(O)C1CCCN1. The van der Waals surface area contributed by atoms with Gasteiger partial charge in [-0.1, -0.05) is 0 Å². The van der Waals surface area contributed by atoms with E-state index < -0.39 is 36.0 Å². The Kier molecular flexibility index (Phi) is 21.3. The number of nitrogens with two attached hydrogens (primary N) is 4. The van der Waals surface area contributed by atoms with E-state index in [2.05, 4.69) is 16.4 Å². The summed E-state index contributed by atoms with van der Waals surface area (Å²) in [4.78, 5) is 39.2. The Bertz CT molecular complexity index is 554. The van der Waals surface area contributed by atoms with Crippen molar-refractivity contribution in [2.45, 2.75) is 50.7 Å². The van der Waals surface area contributed by atoms with Crippen molar-refractivity contribution >= 4 is 29.8 Å². The molecule has 15 heteroatoms. The van der Waals surface area contributed by atoms with Gasteiger partial charge in [-0.05, 0) is 39.2 Å². The zero-order valence-electron chi connectivity index (χ0n) is 17.4. The monoisotopic (exact) mass is 453 g/mol. The molecular weight excluding hydrogens is 418 g/mol. The molecule has 1 saturated heterocycles. The maximum Gasteiger partial charge on any atom is 0.320 e. The third kappa shape index (κ3) is 27.0. The van der Waals surface area contributed by atoms with E-state index in [9.17, 15) is 19.2 Å². The van der Waals surface area contributed by atoms with Gasteiger partial charge in [-0.3, -0.25) is 24.6 Å². The standard InChI is InChI=1S/C6H14N4O2.C5H9NO2.C3H7NO2.C2H5NO2/c7-4(5(11)12)2-1-3-10-6(8)9;7-5(8)4-2-1-3-6-4;1-2(4)3(5)6;3-1-2(4)5/h4H,1-3,7H2,(H,11,12)(H4,8,9,10);4,6H,1-3H2,(H,7,8);2H,4H2,1H3,(H,5,6);1,3H2,(H,4,5). The molecule has 15 N–H and O–H groups in total. The van der Waals surface area contributed by atoms with E-state index in [-0.39, 0.29) is 18.5 Å². The number of carbonyl (C=O) groups is 4. The molecule has 1 aliphatic rings. The second-order valence-corrected chi connectivity index (χ2v) is 6.14. The minimum absolute atomic E-state index is 0.112. The first kappa shape index (κ1) is 32.6. The molecule has 31 heavy (non-hydrogen) atoms. The van der Waals surface area contributed by atoms with Gasteiger partial charge < -0.3 is 54.0 Å².